The molecule has 0 saturated carbocycles. The summed E-state index contributed by atoms with van der Waals surface area (Å²) in [6.45, 7) is 9.30. The van der Waals surface area contributed by atoms with Gasteiger partial charge in [0.1, 0.15) is 11.8 Å². The van der Waals surface area contributed by atoms with E-state index in [9.17, 15) is 4.79 Å². The van der Waals surface area contributed by atoms with Crippen LogP contribution in [0.4, 0.5) is 11.4 Å². The van der Waals surface area contributed by atoms with Crippen LogP contribution in [0.2, 0.25) is 0 Å². The Labute approximate surface area is 207 Å². The van der Waals surface area contributed by atoms with Gasteiger partial charge in [-0.05, 0) is 75.2 Å². The fourth-order valence-corrected chi connectivity index (χ4v) is 5.82. The van der Waals surface area contributed by atoms with E-state index in [-0.39, 0.29) is 22.8 Å². The SMILES string of the molecule is CC1CCN(c2cc(C3(CN4CCCC4)CCOCC3)ccc2NC(=O)c2ncc(C#N)[nH]2)CC1. The summed E-state index contributed by atoms with van der Waals surface area (Å²) in [5, 5.41) is 12.1. The van der Waals surface area contributed by atoms with E-state index >= 15 is 0 Å². The number of hydrogen-bond acceptors (Lipinski definition) is 6. The summed E-state index contributed by atoms with van der Waals surface area (Å²) in [6, 6.07) is 8.59. The van der Waals surface area contributed by atoms with Crippen LogP contribution in [0.1, 0.15) is 67.3 Å². The molecule has 1 aromatic carbocycles. The van der Waals surface area contributed by atoms with Crippen molar-refractivity contribution in [1.82, 2.24) is 14.9 Å². The summed E-state index contributed by atoms with van der Waals surface area (Å²) < 4.78 is 5.79. The first kappa shape index (κ1) is 23.8. The normalized spacial score (nSPS) is 21.1. The maximum atomic E-state index is 13.0. The van der Waals surface area contributed by atoms with Gasteiger partial charge in [-0.2, -0.15) is 5.26 Å². The molecule has 3 aliphatic heterocycles. The van der Waals surface area contributed by atoms with Gasteiger partial charge in [0.25, 0.3) is 5.91 Å². The topological polar surface area (TPSA) is 97.3 Å². The number of likely N-dealkylation sites (tertiary alicyclic amines) is 1. The van der Waals surface area contributed by atoms with E-state index in [0.717, 1.165) is 75.8 Å². The third-order valence-corrected chi connectivity index (χ3v) is 8.07. The molecule has 0 spiro atoms. The van der Waals surface area contributed by atoms with Crippen molar-refractivity contribution in [2.45, 2.75) is 50.9 Å². The second-order valence-corrected chi connectivity index (χ2v) is 10.5. The molecule has 0 radical (unpaired) electrons. The minimum Gasteiger partial charge on any atom is -0.381 e. The summed E-state index contributed by atoms with van der Waals surface area (Å²) in [6.07, 6.45) is 8.30. The molecule has 1 aromatic heterocycles. The standard InChI is InChI=1S/C27H36N6O2/c1-20-6-12-33(13-7-20)24-16-21(27(8-14-35-15-9-27)19-32-10-2-3-11-32)4-5-23(24)31-26(34)25-29-18-22(17-28)30-25/h4-5,16,18,20H,2-3,6-15,19H2,1H3,(H,29,30)(H,31,34). The van der Waals surface area contributed by atoms with Crippen molar-refractivity contribution in [3.05, 3.63) is 41.5 Å². The molecule has 186 valence electrons. The minimum atomic E-state index is -0.330. The van der Waals surface area contributed by atoms with Crippen LogP contribution in [-0.2, 0) is 10.2 Å². The Morgan fingerprint density at radius 2 is 1.97 bits per heavy atom. The Morgan fingerprint density at radius 1 is 1.23 bits per heavy atom. The fourth-order valence-electron chi connectivity index (χ4n) is 5.82. The number of carbonyl (C=O) groups is 1. The molecule has 3 fully saturated rings. The van der Waals surface area contributed by atoms with Gasteiger partial charge >= 0.3 is 0 Å². The molecule has 4 heterocycles. The largest absolute Gasteiger partial charge is 0.381 e. The third kappa shape index (κ3) is 5.21. The molecule has 0 aliphatic carbocycles. The number of aromatic nitrogens is 2. The predicted octanol–water partition coefficient (Wildman–Crippen LogP) is 3.91. The summed E-state index contributed by atoms with van der Waals surface area (Å²) in [5.74, 6) is 0.541. The summed E-state index contributed by atoms with van der Waals surface area (Å²) >= 11 is 0. The molecule has 0 unspecified atom stereocenters. The second-order valence-electron chi connectivity index (χ2n) is 10.5. The highest BCUT2D eigenvalue weighted by atomic mass is 16.5. The average Bonchev–Trinajstić information content (AvgIpc) is 3.58. The number of hydrogen-bond donors (Lipinski definition) is 2. The van der Waals surface area contributed by atoms with Crippen LogP contribution in [0, 0.1) is 17.2 Å². The Hall–Kier alpha value is -2.89. The molecule has 0 bridgehead atoms. The van der Waals surface area contributed by atoms with Crippen molar-refractivity contribution in [2.24, 2.45) is 5.92 Å². The van der Waals surface area contributed by atoms with Crippen LogP contribution < -0.4 is 10.2 Å². The number of nitrogens with one attached hydrogen (secondary N) is 2. The molecule has 35 heavy (non-hydrogen) atoms. The molecular weight excluding hydrogens is 440 g/mol. The van der Waals surface area contributed by atoms with Crippen molar-refractivity contribution < 1.29 is 9.53 Å². The average molecular weight is 477 g/mol. The van der Waals surface area contributed by atoms with Crippen molar-refractivity contribution in [2.75, 3.05) is 56.2 Å². The van der Waals surface area contributed by atoms with Gasteiger partial charge in [0, 0.05) is 38.3 Å². The van der Waals surface area contributed by atoms with Gasteiger partial charge in [0.05, 0.1) is 17.6 Å². The number of H-pyrrole nitrogens is 1. The first-order valence-electron chi connectivity index (χ1n) is 13.0. The smallest absolute Gasteiger partial charge is 0.291 e. The quantitative estimate of drug-likeness (QED) is 0.656. The first-order valence-corrected chi connectivity index (χ1v) is 13.0. The summed E-state index contributed by atoms with van der Waals surface area (Å²) in [7, 11) is 0. The minimum absolute atomic E-state index is 0.0751. The molecule has 2 N–H and O–H groups in total. The number of piperidine rings is 1. The maximum absolute atomic E-state index is 13.0. The van der Waals surface area contributed by atoms with E-state index in [2.05, 4.69) is 50.2 Å². The summed E-state index contributed by atoms with van der Waals surface area (Å²) in [4.78, 5) is 24.8. The lowest BCUT2D eigenvalue weighted by Gasteiger charge is -2.42. The molecular formula is C27H36N6O2. The Kier molecular flexibility index (Phi) is 7.07. The monoisotopic (exact) mass is 476 g/mol. The van der Waals surface area contributed by atoms with Crippen LogP contribution in [-0.4, -0.2) is 66.7 Å². The number of aromatic amines is 1. The van der Waals surface area contributed by atoms with Gasteiger partial charge in [-0.15, -0.1) is 0 Å². The van der Waals surface area contributed by atoms with E-state index < -0.39 is 0 Å². The highest BCUT2D eigenvalue weighted by Crippen LogP contribution is 2.41. The second kappa shape index (κ2) is 10.4. The van der Waals surface area contributed by atoms with Crippen molar-refractivity contribution >= 4 is 17.3 Å². The number of imidazole rings is 1. The molecule has 1 amide bonds. The molecule has 8 heteroatoms. The number of ether oxygens (including phenoxy) is 1. The van der Waals surface area contributed by atoms with Crippen molar-refractivity contribution in [3.63, 3.8) is 0 Å². The number of nitrogens with zero attached hydrogens (tertiary/aromatic N) is 4. The third-order valence-electron chi connectivity index (χ3n) is 8.07. The zero-order chi connectivity index (χ0) is 24.3. The predicted molar refractivity (Wildman–Crippen MR) is 136 cm³/mol. The maximum Gasteiger partial charge on any atom is 0.291 e. The van der Waals surface area contributed by atoms with E-state index in [1.807, 2.05) is 6.07 Å². The van der Waals surface area contributed by atoms with E-state index in [0.29, 0.717) is 0 Å². The van der Waals surface area contributed by atoms with Crippen LogP contribution in [0.15, 0.2) is 24.4 Å². The van der Waals surface area contributed by atoms with Gasteiger partial charge in [0.15, 0.2) is 5.82 Å². The zero-order valence-electron chi connectivity index (χ0n) is 20.7. The highest BCUT2D eigenvalue weighted by molar-refractivity contribution is 6.03. The van der Waals surface area contributed by atoms with E-state index in [1.54, 1.807) is 0 Å². The van der Waals surface area contributed by atoms with E-state index in [4.69, 9.17) is 10.00 Å². The lowest BCUT2D eigenvalue weighted by atomic mass is 9.73. The Morgan fingerprint density at radius 3 is 2.66 bits per heavy atom. The van der Waals surface area contributed by atoms with Gasteiger partial charge in [-0.1, -0.05) is 13.0 Å². The number of rotatable bonds is 6. The van der Waals surface area contributed by atoms with Gasteiger partial charge in [0.2, 0.25) is 0 Å². The number of carbonyl (C=O) groups excluding carboxylic acids is 1. The van der Waals surface area contributed by atoms with Crippen LogP contribution in [0.25, 0.3) is 0 Å². The highest BCUT2D eigenvalue weighted by Gasteiger charge is 2.37. The van der Waals surface area contributed by atoms with Crippen molar-refractivity contribution in [3.8, 4) is 6.07 Å². The van der Waals surface area contributed by atoms with Gasteiger partial charge in [-0.25, -0.2) is 4.98 Å². The molecule has 3 aliphatic rings. The molecule has 3 saturated heterocycles. The van der Waals surface area contributed by atoms with Crippen LogP contribution >= 0.6 is 0 Å². The number of nitriles is 1. The lowest BCUT2D eigenvalue weighted by Crippen LogP contribution is -2.44. The van der Waals surface area contributed by atoms with Gasteiger partial charge in [-0.3, -0.25) is 4.79 Å². The molecule has 8 nitrogen and oxygen atoms in total. The lowest BCUT2D eigenvalue weighted by molar-refractivity contribution is 0.0370. The Bertz CT molecular complexity index is 1070. The zero-order valence-corrected chi connectivity index (χ0v) is 20.7. The molecule has 0 atom stereocenters. The number of benzene rings is 1. The van der Waals surface area contributed by atoms with Gasteiger partial charge < -0.3 is 24.8 Å². The van der Waals surface area contributed by atoms with E-state index in [1.165, 1.54) is 37.7 Å². The number of amides is 1. The van der Waals surface area contributed by atoms with Crippen LogP contribution in [0.5, 0.6) is 0 Å². The Balaban J connectivity index is 1.47. The van der Waals surface area contributed by atoms with Crippen molar-refractivity contribution in [1.29, 1.82) is 5.26 Å². The number of anilines is 2. The van der Waals surface area contributed by atoms with Crippen LogP contribution in [0.3, 0.4) is 0 Å². The first-order chi connectivity index (χ1) is 17.1. The fraction of sp³-hybridized carbons (Fsp3) is 0.593. The molecule has 5 rings (SSSR count). The summed E-state index contributed by atoms with van der Waals surface area (Å²) in [5.41, 5.74) is 3.59. The molecule has 2 aromatic rings.